The first-order chi connectivity index (χ1) is 10.8. The quantitative estimate of drug-likeness (QED) is 0.821. The maximum absolute atomic E-state index is 11.8. The van der Waals surface area contributed by atoms with Gasteiger partial charge in [0.25, 0.3) is 0 Å². The smallest absolute Gasteiger partial charge is 0.248 e. The van der Waals surface area contributed by atoms with E-state index in [4.69, 9.17) is 9.57 Å². The minimum atomic E-state index is -0.333. The third-order valence-electron chi connectivity index (χ3n) is 3.36. The zero-order valence-electron chi connectivity index (χ0n) is 12.0. The Morgan fingerprint density at radius 1 is 1.36 bits per heavy atom. The van der Waals surface area contributed by atoms with E-state index >= 15 is 0 Å². The lowest BCUT2D eigenvalue weighted by Gasteiger charge is -2.22. The van der Waals surface area contributed by atoms with E-state index in [-0.39, 0.29) is 18.6 Å². The molecule has 2 aromatic rings. The van der Waals surface area contributed by atoms with E-state index in [1.165, 1.54) is 6.33 Å². The Balaban J connectivity index is 1.48. The van der Waals surface area contributed by atoms with Crippen LogP contribution in [-0.4, -0.2) is 39.0 Å². The highest BCUT2D eigenvalue weighted by molar-refractivity contribution is 5.77. The number of tetrazole rings is 1. The van der Waals surface area contributed by atoms with Crippen LogP contribution in [0.2, 0.25) is 0 Å². The van der Waals surface area contributed by atoms with E-state index in [0.717, 1.165) is 30.5 Å². The van der Waals surface area contributed by atoms with Crippen LogP contribution in [-0.2, 0) is 20.8 Å². The number of hydrogen-bond donors (Lipinski definition) is 1. The molecule has 0 unspecified atom stereocenters. The van der Waals surface area contributed by atoms with Crippen LogP contribution in [0.25, 0.3) is 5.69 Å². The molecular weight excluding hydrogens is 286 g/mol. The van der Waals surface area contributed by atoms with Gasteiger partial charge in [-0.15, -0.1) is 5.10 Å². The predicted octanol–water partition coefficient (Wildman–Crippen LogP) is 0.779. The topological polar surface area (TPSA) is 91.2 Å². The van der Waals surface area contributed by atoms with Crippen molar-refractivity contribution in [3.05, 3.63) is 36.2 Å². The largest absolute Gasteiger partial charge is 0.350 e. The van der Waals surface area contributed by atoms with Crippen LogP contribution in [0.15, 0.2) is 30.6 Å². The van der Waals surface area contributed by atoms with E-state index in [0.29, 0.717) is 6.61 Å². The highest BCUT2D eigenvalue weighted by Crippen LogP contribution is 2.13. The Bertz CT molecular complexity index is 593. The van der Waals surface area contributed by atoms with Gasteiger partial charge in [0.15, 0.2) is 6.29 Å². The summed E-state index contributed by atoms with van der Waals surface area (Å²) in [6, 6.07) is 7.41. The van der Waals surface area contributed by atoms with E-state index in [1.807, 2.05) is 24.3 Å². The minimum Gasteiger partial charge on any atom is -0.350 e. The summed E-state index contributed by atoms with van der Waals surface area (Å²) in [6.45, 7) is 0.680. The number of hydroxylamine groups is 1. The second-order valence-corrected chi connectivity index (χ2v) is 5.04. The lowest BCUT2D eigenvalue weighted by atomic mass is 10.1. The number of carbonyl (C=O) groups excluding carboxylic acids is 1. The molecule has 116 valence electrons. The molecule has 1 aromatic heterocycles. The number of nitrogens with zero attached hydrogens (tertiary/aromatic N) is 4. The maximum atomic E-state index is 11.8. The number of nitrogens with one attached hydrogen (secondary N) is 1. The van der Waals surface area contributed by atoms with Crippen molar-refractivity contribution in [1.82, 2.24) is 25.7 Å². The third kappa shape index (κ3) is 3.86. The molecule has 8 heteroatoms. The van der Waals surface area contributed by atoms with E-state index in [2.05, 4.69) is 21.0 Å². The number of amides is 1. The van der Waals surface area contributed by atoms with Crippen LogP contribution >= 0.6 is 0 Å². The molecule has 1 aliphatic rings. The summed E-state index contributed by atoms with van der Waals surface area (Å²) in [7, 11) is 0. The van der Waals surface area contributed by atoms with Crippen LogP contribution < -0.4 is 5.48 Å². The molecule has 0 bridgehead atoms. The minimum absolute atomic E-state index is 0.204. The fourth-order valence-corrected chi connectivity index (χ4v) is 2.20. The van der Waals surface area contributed by atoms with Gasteiger partial charge in [-0.1, -0.05) is 12.1 Å². The van der Waals surface area contributed by atoms with Crippen LogP contribution in [0.3, 0.4) is 0 Å². The first kappa shape index (κ1) is 14.6. The lowest BCUT2D eigenvalue weighted by molar-refractivity contribution is -0.200. The van der Waals surface area contributed by atoms with Gasteiger partial charge in [0.2, 0.25) is 5.91 Å². The SMILES string of the molecule is O=C(Cc1ccc(-n2cnnn2)cc1)NO[C@H]1CCCCO1. The van der Waals surface area contributed by atoms with Gasteiger partial charge in [-0.3, -0.25) is 4.79 Å². The van der Waals surface area contributed by atoms with Crippen molar-refractivity contribution in [1.29, 1.82) is 0 Å². The Morgan fingerprint density at radius 3 is 2.91 bits per heavy atom. The van der Waals surface area contributed by atoms with Crippen molar-refractivity contribution in [2.24, 2.45) is 0 Å². The summed E-state index contributed by atoms with van der Waals surface area (Å²) in [5, 5.41) is 11.0. The molecule has 1 amide bonds. The van der Waals surface area contributed by atoms with Gasteiger partial charge in [0.05, 0.1) is 12.1 Å². The molecule has 1 N–H and O–H groups in total. The predicted molar refractivity (Wildman–Crippen MR) is 75.7 cm³/mol. The Morgan fingerprint density at radius 2 is 2.23 bits per heavy atom. The zero-order valence-corrected chi connectivity index (χ0v) is 12.0. The molecule has 0 spiro atoms. The summed E-state index contributed by atoms with van der Waals surface area (Å²) < 4.78 is 6.93. The monoisotopic (exact) mass is 303 g/mol. The van der Waals surface area contributed by atoms with Crippen LogP contribution in [0.5, 0.6) is 0 Å². The van der Waals surface area contributed by atoms with E-state index < -0.39 is 0 Å². The number of carbonyl (C=O) groups is 1. The standard InChI is InChI=1S/C14H17N5O3/c20-13(16-22-14-3-1-2-8-21-14)9-11-4-6-12(7-5-11)19-10-15-17-18-19/h4-7,10,14H,1-3,8-9H2,(H,16,20)/t14-/m0/s1. The molecule has 1 atom stereocenters. The molecule has 8 nitrogen and oxygen atoms in total. The van der Waals surface area contributed by atoms with Crippen molar-refractivity contribution in [2.45, 2.75) is 32.0 Å². The first-order valence-corrected chi connectivity index (χ1v) is 7.20. The second-order valence-electron chi connectivity index (χ2n) is 5.04. The summed E-state index contributed by atoms with van der Waals surface area (Å²) in [5.74, 6) is -0.204. The van der Waals surface area contributed by atoms with Gasteiger partial charge in [0.1, 0.15) is 6.33 Å². The molecule has 0 radical (unpaired) electrons. The number of rotatable bonds is 5. The summed E-state index contributed by atoms with van der Waals surface area (Å²) in [4.78, 5) is 17.1. The summed E-state index contributed by atoms with van der Waals surface area (Å²) in [6.07, 6.45) is 4.32. The third-order valence-corrected chi connectivity index (χ3v) is 3.36. The van der Waals surface area contributed by atoms with Crippen molar-refractivity contribution < 1.29 is 14.4 Å². The van der Waals surface area contributed by atoms with Crippen molar-refractivity contribution in [3.63, 3.8) is 0 Å². The molecule has 2 heterocycles. The number of hydrogen-bond acceptors (Lipinski definition) is 6. The Hall–Kier alpha value is -2.32. The van der Waals surface area contributed by atoms with E-state index in [1.54, 1.807) is 4.68 Å². The van der Waals surface area contributed by atoms with Crippen molar-refractivity contribution in [2.75, 3.05) is 6.61 Å². The highest BCUT2D eigenvalue weighted by atomic mass is 16.8. The fraction of sp³-hybridized carbons (Fsp3) is 0.429. The summed E-state index contributed by atoms with van der Waals surface area (Å²) in [5.41, 5.74) is 4.15. The average Bonchev–Trinajstić information content (AvgIpc) is 3.09. The molecule has 3 rings (SSSR count). The van der Waals surface area contributed by atoms with Gasteiger partial charge < -0.3 is 4.74 Å². The Labute approximate surface area is 127 Å². The molecular formula is C14H17N5O3. The molecule has 22 heavy (non-hydrogen) atoms. The van der Waals surface area contributed by atoms with Gasteiger partial charge in [0, 0.05) is 13.0 Å². The van der Waals surface area contributed by atoms with Gasteiger partial charge in [-0.25, -0.2) is 15.0 Å². The summed E-state index contributed by atoms with van der Waals surface area (Å²) >= 11 is 0. The van der Waals surface area contributed by atoms with Gasteiger partial charge in [-0.05, 0) is 41.0 Å². The maximum Gasteiger partial charge on any atom is 0.248 e. The van der Waals surface area contributed by atoms with Gasteiger partial charge in [-0.2, -0.15) is 0 Å². The number of benzene rings is 1. The van der Waals surface area contributed by atoms with Crippen molar-refractivity contribution >= 4 is 5.91 Å². The van der Waals surface area contributed by atoms with Crippen LogP contribution in [0, 0.1) is 0 Å². The molecule has 1 aliphatic heterocycles. The van der Waals surface area contributed by atoms with Gasteiger partial charge >= 0.3 is 0 Å². The average molecular weight is 303 g/mol. The van der Waals surface area contributed by atoms with Crippen molar-refractivity contribution in [3.8, 4) is 5.69 Å². The molecule has 1 saturated heterocycles. The Kier molecular flexibility index (Phi) is 4.71. The lowest BCUT2D eigenvalue weighted by Crippen LogP contribution is -2.33. The number of ether oxygens (including phenoxy) is 1. The first-order valence-electron chi connectivity index (χ1n) is 7.20. The highest BCUT2D eigenvalue weighted by Gasteiger charge is 2.15. The van der Waals surface area contributed by atoms with Crippen LogP contribution in [0.1, 0.15) is 24.8 Å². The van der Waals surface area contributed by atoms with E-state index in [9.17, 15) is 4.79 Å². The second kappa shape index (κ2) is 7.10. The number of aromatic nitrogens is 4. The van der Waals surface area contributed by atoms with Crippen LogP contribution in [0.4, 0.5) is 0 Å². The fourth-order valence-electron chi connectivity index (χ4n) is 2.20. The zero-order chi connectivity index (χ0) is 15.2. The molecule has 0 aliphatic carbocycles. The molecule has 1 fully saturated rings. The normalized spacial score (nSPS) is 18.1. The molecule has 1 aromatic carbocycles. The molecule has 0 saturated carbocycles.